The Morgan fingerprint density at radius 2 is 1.83 bits per heavy atom. The summed E-state index contributed by atoms with van der Waals surface area (Å²) in [4.78, 5) is 27.2. The number of anilines is 1. The zero-order valence-electron chi connectivity index (χ0n) is 16.2. The van der Waals surface area contributed by atoms with Gasteiger partial charge in [-0.05, 0) is 30.5 Å². The van der Waals surface area contributed by atoms with Crippen molar-refractivity contribution in [2.45, 2.75) is 38.5 Å². The molecule has 1 aliphatic rings. The van der Waals surface area contributed by atoms with Gasteiger partial charge in [-0.3, -0.25) is 9.59 Å². The van der Waals surface area contributed by atoms with Crippen molar-refractivity contribution in [2.24, 2.45) is 5.92 Å². The number of alkyl halides is 3. The molecule has 154 valence electrons. The summed E-state index contributed by atoms with van der Waals surface area (Å²) < 4.78 is 38.9. The van der Waals surface area contributed by atoms with E-state index in [1.165, 1.54) is 11.0 Å². The lowest BCUT2D eigenvalue weighted by molar-refractivity contribution is -0.137. The summed E-state index contributed by atoms with van der Waals surface area (Å²) in [5.41, 5.74) is -2.42. The first kappa shape index (κ1) is 21.0. The highest BCUT2D eigenvalue weighted by Gasteiger charge is 2.50. The van der Waals surface area contributed by atoms with Crippen molar-refractivity contribution in [3.63, 3.8) is 0 Å². The van der Waals surface area contributed by atoms with Crippen LogP contribution in [0.5, 0.6) is 0 Å². The second-order valence-electron chi connectivity index (χ2n) is 7.70. The van der Waals surface area contributed by atoms with Crippen molar-refractivity contribution in [3.8, 4) is 0 Å². The molecular formula is C22H22F3NO3. The number of amides is 1. The molecule has 3 rings (SSSR count). The zero-order chi connectivity index (χ0) is 21.4. The molecule has 0 aromatic heterocycles. The summed E-state index contributed by atoms with van der Waals surface area (Å²) in [6, 6.07) is 10.7. The van der Waals surface area contributed by atoms with Crippen LogP contribution in [0.2, 0.25) is 0 Å². The Bertz CT molecular complexity index is 939. The fraction of sp³-hybridized carbons (Fsp3) is 0.364. The van der Waals surface area contributed by atoms with E-state index in [0.29, 0.717) is 30.1 Å². The molecule has 7 heteroatoms. The third kappa shape index (κ3) is 4.05. The highest BCUT2D eigenvalue weighted by Crippen LogP contribution is 2.43. The topological polar surface area (TPSA) is 57.6 Å². The van der Waals surface area contributed by atoms with E-state index in [0.717, 1.165) is 18.2 Å². The van der Waals surface area contributed by atoms with Crippen molar-refractivity contribution >= 4 is 17.4 Å². The number of para-hydroxylation sites is 1. The number of hydrogen-bond acceptors (Lipinski definition) is 3. The van der Waals surface area contributed by atoms with Gasteiger partial charge in [0.2, 0.25) is 0 Å². The third-order valence-corrected chi connectivity index (χ3v) is 5.10. The lowest BCUT2D eigenvalue weighted by Gasteiger charge is -2.23. The van der Waals surface area contributed by atoms with Gasteiger partial charge in [-0.25, -0.2) is 0 Å². The maximum atomic E-state index is 13.0. The van der Waals surface area contributed by atoms with Gasteiger partial charge in [-0.1, -0.05) is 44.2 Å². The number of nitrogens with zero attached hydrogens (tertiary/aromatic N) is 1. The molecule has 0 bridgehead atoms. The van der Waals surface area contributed by atoms with Crippen LogP contribution in [-0.4, -0.2) is 23.3 Å². The smallest absolute Gasteiger partial charge is 0.375 e. The highest BCUT2D eigenvalue weighted by atomic mass is 19.4. The number of aliphatic hydroxyl groups is 1. The highest BCUT2D eigenvalue weighted by molar-refractivity contribution is 6.10. The van der Waals surface area contributed by atoms with Crippen LogP contribution >= 0.6 is 0 Å². The first-order valence-corrected chi connectivity index (χ1v) is 9.38. The first-order valence-electron chi connectivity index (χ1n) is 9.38. The van der Waals surface area contributed by atoms with Crippen molar-refractivity contribution in [1.29, 1.82) is 0 Å². The minimum Gasteiger partial charge on any atom is -0.375 e. The Balaban J connectivity index is 1.92. The number of benzene rings is 2. The molecular weight excluding hydrogens is 383 g/mol. The maximum Gasteiger partial charge on any atom is 0.416 e. The molecule has 0 radical (unpaired) electrons. The van der Waals surface area contributed by atoms with Crippen LogP contribution in [0, 0.1) is 5.92 Å². The third-order valence-electron chi connectivity index (χ3n) is 5.10. The predicted octanol–water partition coefficient (Wildman–Crippen LogP) is 4.56. The van der Waals surface area contributed by atoms with E-state index in [2.05, 4.69) is 0 Å². The second-order valence-corrected chi connectivity index (χ2v) is 7.70. The average Bonchev–Trinajstić information content (AvgIpc) is 2.87. The summed E-state index contributed by atoms with van der Waals surface area (Å²) in [5.74, 6) is -1.03. The van der Waals surface area contributed by atoms with E-state index >= 15 is 0 Å². The van der Waals surface area contributed by atoms with Crippen molar-refractivity contribution < 1.29 is 27.9 Å². The van der Waals surface area contributed by atoms with Crippen molar-refractivity contribution in [1.82, 2.24) is 0 Å². The zero-order valence-corrected chi connectivity index (χ0v) is 16.2. The Morgan fingerprint density at radius 3 is 2.48 bits per heavy atom. The van der Waals surface area contributed by atoms with Gasteiger partial charge in [0.25, 0.3) is 5.91 Å². The fourth-order valence-corrected chi connectivity index (χ4v) is 3.49. The van der Waals surface area contributed by atoms with Gasteiger partial charge in [-0.2, -0.15) is 13.2 Å². The lowest BCUT2D eigenvalue weighted by atomic mass is 9.88. The quantitative estimate of drug-likeness (QED) is 0.717. The van der Waals surface area contributed by atoms with Crippen LogP contribution in [0.15, 0.2) is 48.5 Å². The molecule has 0 spiro atoms. The van der Waals surface area contributed by atoms with E-state index < -0.39 is 35.5 Å². The Hall–Kier alpha value is -2.67. The number of carbonyl (C=O) groups excluding carboxylic acids is 2. The molecule has 2 aromatic carbocycles. The van der Waals surface area contributed by atoms with Gasteiger partial charge in [0.15, 0.2) is 11.4 Å². The summed E-state index contributed by atoms with van der Waals surface area (Å²) >= 11 is 0. The SMILES string of the molecule is CC(C)CCN1C(=O)C(O)(CC(=O)c2cccc(C(F)(F)F)c2)c2ccccc21. The van der Waals surface area contributed by atoms with E-state index in [1.54, 1.807) is 24.3 Å². The van der Waals surface area contributed by atoms with Crippen LogP contribution in [-0.2, 0) is 16.6 Å². The molecule has 4 nitrogen and oxygen atoms in total. The molecule has 1 N–H and O–H groups in total. The molecule has 1 unspecified atom stereocenters. The molecule has 1 heterocycles. The second kappa shape index (κ2) is 7.63. The fourth-order valence-electron chi connectivity index (χ4n) is 3.49. The number of halogens is 3. The van der Waals surface area contributed by atoms with Gasteiger partial charge < -0.3 is 10.0 Å². The number of carbonyl (C=O) groups is 2. The van der Waals surface area contributed by atoms with E-state index in [-0.39, 0.29) is 5.56 Å². The van der Waals surface area contributed by atoms with E-state index in [1.807, 2.05) is 13.8 Å². The summed E-state index contributed by atoms with van der Waals surface area (Å²) in [6.07, 6.45) is -4.50. The summed E-state index contributed by atoms with van der Waals surface area (Å²) in [5, 5.41) is 11.2. The average molecular weight is 405 g/mol. The van der Waals surface area contributed by atoms with Gasteiger partial charge in [0, 0.05) is 17.7 Å². The number of hydrogen-bond donors (Lipinski definition) is 1. The van der Waals surface area contributed by atoms with Crippen LogP contribution < -0.4 is 4.90 Å². The van der Waals surface area contributed by atoms with E-state index in [9.17, 15) is 27.9 Å². The largest absolute Gasteiger partial charge is 0.416 e. The minimum atomic E-state index is -4.59. The van der Waals surface area contributed by atoms with E-state index in [4.69, 9.17) is 0 Å². The van der Waals surface area contributed by atoms with Crippen molar-refractivity contribution in [2.75, 3.05) is 11.4 Å². The van der Waals surface area contributed by atoms with Gasteiger partial charge in [0.05, 0.1) is 17.7 Å². The van der Waals surface area contributed by atoms with Gasteiger partial charge in [0.1, 0.15) is 0 Å². The van der Waals surface area contributed by atoms with Crippen LogP contribution in [0.3, 0.4) is 0 Å². The molecule has 0 fully saturated rings. The van der Waals surface area contributed by atoms with Gasteiger partial charge >= 0.3 is 6.18 Å². The lowest BCUT2D eigenvalue weighted by Crippen LogP contribution is -2.42. The number of Topliss-reactive ketones (excluding diaryl/α,β-unsaturated/α-hetero) is 1. The van der Waals surface area contributed by atoms with Crippen LogP contribution in [0.4, 0.5) is 18.9 Å². The normalized spacial score (nSPS) is 19.0. The standard InChI is InChI=1S/C22H22F3NO3/c1-14(2)10-11-26-18-9-4-3-8-17(18)21(29,20(26)28)13-19(27)15-6-5-7-16(12-15)22(23,24)25/h3-9,12,14,29H,10-11,13H2,1-2H3. The van der Waals surface area contributed by atoms with Gasteiger partial charge in [-0.15, -0.1) is 0 Å². The van der Waals surface area contributed by atoms with Crippen molar-refractivity contribution in [3.05, 3.63) is 65.2 Å². The van der Waals surface area contributed by atoms with Crippen LogP contribution in [0.25, 0.3) is 0 Å². The predicted molar refractivity (Wildman–Crippen MR) is 103 cm³/mol. The summed E-state index contributed by atoms with van der Waals surface area (Å²) in [6.45, 7) is 4.40. The molecule has 2 aromatic rings. The molecule has 1 aliphatic heterocycles. The molecule has 0 saturated heterocycles. The Kier molecular flexibility index (Phi) is 5.54. The number of fused-ring (bicyclic) bond motifs is 1. The molecule has 1 amide bonds. The Morgan fingerprint density at radius 1 is 1.14 bits per heavy atom. The first-order chi connectivity index (χ1) is 13.5. The molecule has 0 saturated carbocycles. The molecule has 0 aliphatic carbocycles. The van der Waals surface area contributed by atoms with Crippen LogP contribution in [0.1, 0.15) is 48.2 Å². The minimum absolute atomic E-state index is 0.195. The molecule has 1 atom stereocenters. The Labute approximate surface area is 167 Å². The number of rotatable bonds is 6. The monoisotopic (exact) mass is 405 g/mol. The summed E-state index contributed by atoms with van der Waals surface area (Å²) in [7, 11) is 0. The molecule has 29 heavy (non-hydrogen) atoms. The number of ketones is 1. The maximum absolute atomic E-state index is 13.0.